The van der Waals surface area contributed by atoms with E-state index < -0.39 is 11.9 Å². The second-order valence-corrected chi connectivity index (χ2v) is 3.70. The molecule has 0 spiro atoms. The van der Waals surface area contributed by atoms with E-state index in [1.165, 1.54) is 25.3 Å². The molecule has 6 heteroatoms. The monoisotopic (exact) mass is 261 g/mol. The van der Waals surface area contributed by atoms with Gasteiger partial charge in [0.05, 0.1) is 17.2 Å². The summed E-state index contributed by atoms with van der Waals surface area (Å²) in [5.74, 6) is -0.933. The Kier molecular flexibility index (Phi) is 4.58. The van der Waals surface area contributed by atoms with Crippen LogP contribution in [0.3, 0.4) is 0 Å². The summed E-state index contributed by atoms with van der Waals surface area (Å²) >= 11 is 11.4. The Balaban J connectivity index is 2.66. The zero-order chi connectivity index (χ0) is 12.1. The average molecular weight is 262 g/mol. The van der Waals surface area contributed by atoms with E-state index in [1.807, 2.05) is 0 Å². The number of ether oxygens (including phenoxy) is 1. The molecule has 0 atom stereocenters. The zero-order valence-electron chi connectivity index (χ0n) is 8.42. The molecule has 0 bridgehead atoms. The molecule has 0 fully saturated rings. The Morgan fingerprint density at radius 1 is 1.31 bits per heavy atom. The fraction of sp³-hybridized carbons (Fsp3) is 0.200. The van der Waals surface area contributed by atoms with Gasteiger partial charge in [-0.2, -0.15) is 0 Å². The van der Waals surface area contributed by atoms with E-state index >= 15 is 0 Å². The van der Waals surface area contributed by atoms with Crippen LogP contribution in [0.1, 0.15) is 10.4 Å². The maximum atomic E-state index is 11.5. The van der Waals surface area contributed by atoms with Gasteiger partial charge in [0.25, 0.3) is 5.91 Å². The highest BCUT2D eigenvalue weighted by Gasteiger charge is 2.09. The Bertz CT molecular complexity index is 421. The van der Waals surface area contributed by atoms with Gasteiger partial charge in [0.1, 0.15) is 6.54 Å². The van der Waals surface area contributed by atoms with Gasteiger partial charge in [0, 0.05) is 5.56 Å². The van der Waals surface area contributed by atoms with Crippen molar-refractivity contribution < 1.29 is 14.3 Å². The number of carbonyl (C=O) groups is 2. The lowest BCUT2D eigenvalue weighted by atomic mass is 10.2. The highest BCUT2D eigenvalue weighted by Crippen LogP contribution is 2.22. The highest BCUT2D eigenvalue weighted by atomic mass is 35.5. The van der Waals surface area contributed by atoms with Crippen molar-refractivity contribution in [3.8, 4) is 0 Å². The van der Waals surface area contributed by atoms with E-state index in [2.05, 4.69) is 10.1 Å². The van der Waals surface area contributed by atoms with Crippen LogP contribution < -0.4 is 5.32 Å². The van der Waals surface area contributed by atoms with Crippen molar-refractivity contribution in [1.29, 1.82) is 0 Å². The molecule has 0 saturated heterocycles. The van der Waals surface area contributed by atoms with E-state index in [9.17, 15) is 9.59 Å². The van der Waals surface area contributed by atoms with Crippen LogP contribution in [0, 0.1) is 0 Å². The SMILES string of the molecule is COC(=O)CNC(=O)c1ccc(Cl)c(Cl)c1. The molecule has 0 aliphatic heterocycles. The first-order valence-corrected chi connectivity index (χ1v) is 5.10. The van der Waals surface area contributed by atoms with Gasteiger partial charge in [-0.3, -0.25) is 9.59 Å². The minimum Gasteiger partial charge on any atom is -0.468 e. The van der Waals surface area contributed by atoms with Crippen LogP contribution in [0.2, 0.25) is 10.0 Å². The molecule has 0 radical (unpaired) electrons. The maximum Gasteiger partial charge on any atom is 0.325 e. The second kappa shape index (κ2) is 5.72. The number of nitrogens with one attached hydrogen (secondary N) is 1. The lowest BCUT2D eigenvalue weighted by Gasteiger charge is -2.04. The Morgan fingerprint density at radius 2 is 2.00 bits per heavy atom. The molecule has 4 nitrogen and oxygen atoms in total. The Labute approximate surface area is 102 Å². The standard InChI is InChI=1S/C10H9Cl2NO3/c1-16-9(14)5-13-10(15)6-2-3-7(11)8(12)4-6/h2-4H,5H2,1H3,(H,13,15). The van der Waals surface area contributed by atoms with Crippen molar-refractivity contribution in [1.82, 2.24) is 5.32 Å². The van der Waals surface area contributed by atoms with Gasteiger partial charge in [-0.25, -0.2) is 0 Å². The topological polar surface area (TPSA) is 55.4 Å². The number of hydrogen-bond acceptors (Lipinski definition) is 3. The number of benzene rings is 1. The van der Waals surface area contributed by atoms with Gasteiger partial charge < -0.3 is 10.1 Å². The van der Waals surface area contributed by atoms with E-state index in [-0.39, 0.29) is 11.6 Å². The maximum absolute atomic E-state index is 11.5. The summed E-state index contributed by atoms with van der Waals surface area (Å²) in [6.45, 7) is -0.185. The largest absolute Gasteiger partial charge is 0.468 e. The van der Waals surface area contributed by atoms with Crippen molar-refractivity contribution in [2.45, 2.75) is 0 Å². The first-order valence-electron chi connectivity index (χ1n) is 4.34. The van der Waals surface area contributed by atoms with Crippen molar-refractivity contribution in [3.05, 3.63) is 33.8 Å². The third-order valence-electron chi connectivity index (χ3n) is 1.80. The van der Waals surface area contributed by atoms with Gasteiger partial charge >= 0.3 is 5.97 Å². The van der Waals surface area contributed by atoms with Crippen LogP contribution in [0.15, 0.2) is 18.2 Å². The second-order valence-electron chi connectivity index (χ2n) is 2.89. The van der Waals surface area contributed by atoms with Gasteiger partial charge in [-0.05, 0) is 18.2 Å². The number of methoxy groups -OCH3 is 1. The minimum atomic E-state index is -0.520. The molecule has 1 aromatic rings. The van der Waals surface area contributed by atoms with E-state index in [0.717, 1.165) is 0 Å². The van der Waals surface area contributed by atoms with Crippen molar-refractivity contribution in [2.24, 2.45) is 0 Å². The first-order chi connectivity index (χ1) is 7.54. The van der Waals surface area contributed by atoms with Crippen LogP contribution >= 0.6 is 23.2 Å². The molecule has 0 aromatic heterocycles. The Morgan fingerprint density at radius 3 is 2.56 bits per heavy atom. The van der Waals surface area contributed by atoms with Gasteiger partial charge in [-0.1, -0.05) is 23.2 Å². The van der Waals surface area contributed by atoms with E-state index in [4.69, 9.17) is 23.2 Å². The van der Waals surface area contributed by atoms with Crippen molar-refractivity contribution in [2.75, 3.05) is 13.7 Å². The summed E-state index contributed by atoms with van der Waals surface area (Å²) in [7, 11) is 1.24. The summed E-state index contributed by atoms with van der Waals surface area (Å²) in [5, 5.41) is 3.03. The molecule has 86 valence electrons. The molecule has 0 aliphatic rings. The molecule has 1 N–H and O–H groups in total. The van der Waals surface area contributed by atoms with Crippen LogP contribution in [-0.4, -0.2) is 25.5 Å². The molecule has 0 heterocycles. The molecular formula is C10H9Cl2NO3. The smallest absolute Gasteiger partial charge is 0.325 e. The molecule has 0 saturated carbocycles. The molecule has 0 aliphatic carbocycles. The molecule has 1 aromatic carbocycles. The Hall–Kier alpha value is -1.26. The van der Waals surface area contributed by atoms with Gasteiger partial charge in [0.15, 0.2) is 0 Å². The predicted octanol–water partition coefficient (Wildman–Crippen LogP) is 1.90. The van der Waals surface area contributed by atoms with E-state index in [1.54, 1.807) is 0 Å². The highest BCUT2D eigenvalue weighted by molar-refractivity contribution is 6.42. The zero-order valence-corrected chi connectivity index (χ0v) is 9.93. The van der Waals surface area contributed by atoms with Crippen LogP contribution in [0.25, 0.3) is 0 Å². The first kappa shape index (κ1) is 12.8. The minimum absolute atomic E-state index is 0.185. The predicted molar refractivity (Wildman–Crippen MR) is 60.8 cm³/mol. The van der Waals surface area contributed by atoms with Crippen molar-refractivity contribution >= 4 is 35.1 Å². The van der Waals surface area contributed by atoms with Crippen LogP contribution in [-0.2, 0) is 9.53 Å². The number of esters is 1. The molecule has 0 unspecified atom stereocenters. The van der Waals surface area contributed by atoms with Gasteiger partial charge in [-0.15, -0.1) is 0 Å². The number of rotatable bonds is 3. The summed E-state index contributed by atoms with van der Waals surface area (Å²) in [6, 6.07) is 4.45. The number of amides is 1. The number of halogens is 2. The molecule has 16 heavy (non-hydrogen) atoms. The number of hydrogen-bond donors (Lipinski definition) is 1. The summed E-state index contributed by atoms with van der Waals surface area (Å²) in [4.78, 5) is 22.3. The fourth-order valence-electron chi connectivity index (χ4n) is 0.964. The summed E-state index contributed by atoms with van der Waals surface area (Å²) < 4.78 is 4.38. The van der Waals surface area contributed by atoms with Crippen LogP contribution in [0.5, 0.6) is 0 Å². The van der Waals surface area contributed by atoms with Crippen LogP contribution in [0.4, 0.5) is 0 Å². The molecule has 1 amide bonds. The number of carbonyl (C=O) groups excluding carboxylic acids is 2. The lowest BCUT2D eigenvalue weighted by molar-refractivity contribution is -0.139. The third-order valence-corrected chi connectivity index (χ3v) is 2.54. The quantitative estimate of drug-likeness (QED) is 0.846. The summed E-state index contributed by atoms with van der Waals surface area (Å²) in [6.07, 6.45) is 0. The molecule has 1 rings (SSSR count). The summed E-state index contributed by atoms with van der Waals surface area (Å²) in [5.41, 5.74) is 0.332. The average Bonchev–Trinajstić information content (AvgIpc) is 2.29. The van der Waals surface area contributed by atoms with Crippen molar-refractivity contribution in [3.63, 3.8) is 0 Å². The molecular weight excluding hydrogens is 253 g/mol. The van der Waals surface area contributed by atoms with Gasteiger partial charge in [0.2, 0.25) is 0 Å². The lowest BCUT2D eigenvalue weighted by Crippen LogP contribution is -2.30. The van der Waals surface area contributed by atoms with E-state index in [0.29, 0.717) is 10.6 Å². The fourth-order valence-corrected chi connectivity index (χ4v) is 1.26. The third kappa shape index (κ3) is 3.40. The normalized spacial score (nSPS) is 9.69.